The second kappa shape index (κ2) is 10.3. The average Bonchev–Trinajstić information content (AvgIpc) is 2.65. The van der Waals surface area contributed by atoms with Crippen LogP contribution in [0, 0.1) is 11.8 Å². The van der Waals surface area contributed by atoms with Crippen LogP contribution in [-0.2, 0) is 17.9 Å². The van der Waals surface area contributed by atoms with Gasteiger partial charge in [0.15, 0.2) is 11.5 Å². The number of ether oxygens (including phenoxy) is 2. The molecule has 1 atom stereocenters. The van der Waals surface area contributed by atoms with Gasteiger partial charge in [-0.2, -0.15) is 0 Å². The quantitative estimate of drug-likeness (QED) is 0.731. The highest BCUT2D eigenvalue weighted by Crippen LogP contribution is 2.29. The number of hydrogen-bond acceptors (Lipinski definition) is 4. The van der Waals surface area contributed by atoms with Crippen molar-refractivity contribution in [3.8, 4) is 11.5 Å². The molecule has 1 heterocycles. The molecular formula is C22H29ClN2O3. The smallest absolute Gasteiger partial charge is 0.225 e. The maximum atomic E-state index is 12.6. The van der Waals surface area contributed by atoms with Crippen molar-refractivity contribution in [2.24, 2.45) is 11.8 Å². The zero-order valence-electron chi connectivity index (χ0n) is 16.7. The van der Waals surface area contributed by atoms with Crippen molar-refractivity contribution in [3.63, 3.8) is 0 Å². The lowest BCUT2D eigenvalue weighted by molar-refractivity contribution is -0.136. The van der Waals surface area contributed by atoms with Gasteiger partial charge in [-0.1, -0.05) is 43.3 Å². The minimum Gasteiger partial charge on any atom is -0.493 e. The minimum atomic E-state index is 0. The van der Waals surface area contributed by atoms with Crippen molar-refractivity contribution in [1.29, 1.82) is 0 Å². The first-order valence-corrected chi connectivity index (χ1v) is 9.38. The predicted octanol–water partition coefficient (Wildman–Crippen LogP) is 3.51. The zero-order valence-corrected chi connectivity index (χ0v) is 17.5. The number of nitrogens with one attached hydrogen (secondary N) is 1. The van der Waals surface area contributed by atoms with Crippen LogP contribution < -0.4 is 14.8 Å². The van der Waals surface area contributed by atoms with E-state index in [-0.39, 0.29) is 24.2 Å². The molecule has 6 heteroatoms. The minimum absolute atomic E-state index is 0. The van der Waals surface area contributed by atoms with Crippen LogP contribution in [-0.4, -0.2) is 38.1 Å². The van der Waals surface area contributed by atoms with E-state index in [1.54, 1.807) is 12.0 Å². The number of nitrogens with zero attached hydrogens (tertiary/aromatic N) is 1. The lowest BCUT2D eigenvalue weighted by Gasteiger charge is -2.34. The Bertz CT molecular complexity index is 766. The normalized spacial score (nSPS) is 14.4. The Balaban J connectivity index is 0.00000280. The molecule has 0 aromatic heterocycles. The molecule has 5 nitrogen and oxygen atoms in total. The molecule has 1 aliphatic heterocycles. The van der Waals surface area contributed by atoms with Crippen LogP contribution in [0.3, 0.4) is 0 Å². The Kier molecular flexibility index (Phi) is 8.15. The highest BCUT2D eigenvalue weighted by atomic mass is 35.5. The van der Waals surface area contributed by atoms with Crippen LogP contribution in [0.2, 0.25) is 0 Å². The largest absolute Gasteiger partial charge is 0.493 e. The maximum Gasteiger partial charge on any atom is 0.225 e. The summed E-state index contributed by atoms with van der Waals surface area (Å²) in [7, 11) is 3.49. The zero-order chi connectivity index (χ0) is 19.2. The number of halogens is 1. The van der Waals surface area contributed by atoms with Gasteiger partial charge in [0, 0.05) is 19.5 Å². The summed E-state index contributed by atoms with van der Waals surface area (Å²) in [5.74, 6) is 2.06. The fourth-order valence-corrected chi connectivity index (χ4v) is 3.23. The second-order valence-corrected chi connectivity index (χ2v) is 7.16. The number of methoxy groups -OCH3 is 1. The van der Waals surface area contributed by atoms with Gasteiger partial charge in [0.25, 0.3) is 0 Å². The van der Waals surface area contributed by atoms with Gasteiger partial charge < -0.3 is 19.7 Å². The van der Waals surface area contributed by atoms with Crippen molar-refractivity contribution in [2.75, 3.05) is 27.2 Å². The van der Waals surface area contributed by atoms with Crippen molar-refractivity contribution in [1.82, 2.24) is 10.2 Å². The average molecular weight is 405 g/mol. The Morgan fingerprint density at radius 2 is 1.86 bits per heavy atom. The van der Waals surface area contributed by atoms with Gasteiger partial charge in [0.2, 0.25) is 5.91 Å². The van der Waals surface area contributed by atoms with E-state index in [1.807, 2.05) is 62.5 Å². The molecule has 0 radical (unpaired) electrons. The highest BCUT2D eigenvalue weighted by molar-refractivity contribution is 5.85. The molecular weight excluding hydrogens is 376 g/mol. The third-order valence-electron chi connectivity index (χ3n) is 5.17. The summed E-state index contributed by atoms with van der Waals surface area (Å²) in [6.07, 6.45) is 0. The molecule has 1 amide bonds. The second-order valence-electron chi connectivity index (χ2n) is 7.16. The molecule has 0 saturated carbocycles. The van der Waals surface area contributed by atoms with Crippen LogP contribution in [0.25, 0.3) is 0 Å². The Morgan fingerprint density at radius 3 is 2.46 bits per heavy atom. The number of rotatable bonds is 8. The van der Waals surface area contributed by atoms with E-state index in [0.717, 1.165) is 24.2 Å². The fraction of sp³-hybridized carbons (Fsp3) is 0.409. The van der Waals surface area contributed by atoms with Crippen molar-refractivity contribution in [3.05, 3.63) is 59.7 Å². The third-order valence-corrected chi connectivity index (χ3v) is 5.17. The number of carbonyl (C=O) groups excluding carboxylic acids is 1. The molecule has 0 bridgehead atoms. The molecule has 2 aromatic rings. The number of amides is 1. The molecule has 152 valence electrons. The first kappa shape index (κ1) is 22.1. The van der Waals surface area contributed by atoms with Gasteiger partial charge in [-0.3, -0.25) is 4.79 Å². The van der Waals surface area contributed by atoms with Crippen LogP contribution in [0.4, 0.5) is 0 Å². The van der Waals surface area contributed by atoms with Crippen molar-refractivity contribution < 1.29 is 14.3 Å². The SMILES string of the molecule is COc1cc(CN(C)C(=O)C(C)C2CNC2)ccc1OCc1ccccc1.Cl. The number of carbonyl (C=O) groups is 1. The monoisotopic (exact) mass is 404 g/mol. The van der Waals surface area contributed by atoms with E-state index >= 15 is 0 Å². The molecule has 1 aliphatic rings. The Morgan fingerprint density at radius 1 is 1.14 bits per heavy atom. The Labute approximate surface area is 173 Å². The lowest BCUT2D eigenvalue weighted by Crippen LogP contribution is -2.49. The summed E-state index contributed by atoms with van der Waals surface area (Å²) in [4.78, 5) is 14.4. The first-order valence-electron chi connectivity index (χ1n) is 9.38. The van der Waals surface area contributed by atoms with E-state index < -0.39 is 0 Å². The van der Waals surface area contributed by atoms with Gasteiger partial charge in [0.1, 0.15) is 6.61 Å². The maximum absolute atomic E-state index is 12.6. The van der Waals surface area contributed by atoms with Crippen LogP contribution in [0.1, 0.15) is 18.1 Å². The molecule has 1 unspecified atom stereocenters. The summed E-state index contributed by atoms with van der Waals surface area (Å²) in [5, 5.41) is 3.23. The van der Waals surface area contributed by atoms with E-state index in [4.69, 9.17) is 9.47 Å². The summed E-state index contributed by atoms with van der Waals surface area (Å²) in [6.45, 7) is 4.93. The van der Waals surface area contributed by atoms with E-state index in [2.05, 4.69) is 5.32 Å². The van der Waals surface area contributed by atoms with E-state index in [1.165, 1.54) is 0 Å². The van der Waals surface area contributed by atoms with Gasteiger partial charge >= 0.3 is 0 Å². The molecule has 3 rings (SSSR count). The summed E-state index contributed by atoms with van der Waals surface area (Å²) in [6, 6.07) is 15.9. The third kappa shape index (κ3) is 5.40. The van der Waals surface area contributed by atoms with E-state index in [9.17, 15) is 4.79 Å². The number of hydrogen-bond donors (Lipinski definition) is 1. The molecule has 28 heavy (non-hydrogen) atoms. The molecule has 2 aromatic carbocycles. The fourth-order valence-electron chi connectivity index (χ4n) is 3.23. The molecule has 1 N–H and O–H groups in total. The topological polar surface area (TPSA) is 50.8 Å². The molecule has 0 spiro atoms. The van der Waals surface area contributed by atoms with Gasteiger partial charge in [-0.05, 0) is 42.3 Å². The molecule has 1 fully saturated rings. The van der Waals surface area contributed by atoms with Crippen LogP contribution >= 0.6 is 12.4 Å². The van der Waals surface area contributed by atoms with Crippen molar-refractivity contribution in [2.45, 2.75) is 20.1 Å². The predicted molar refractivity (Wildman–Crippen MR) is 113 cm³/mol. The van der Waals surface area contributed by atoms with E-state index in [0.29, 0.717) is 30.6 Å². The lowest BCUT2D eigenvalue weighted by atomic mass is 9.88. The first-order chi connectivity index (χ1) is 13.1. The summed E-state index contributed by atoms with van der Waals surface area (Å²) in [5.41, 5.74) is 2.13. The number of benzene rings is 2. The molecule has 0 aliphatic carbocycles. The van der Waals surface area contributed by atoms with Gasteiger partial charge in [-0.15, -0.1) is 12.4 Å². The van der Waals surface area contributed by atoms with Crippen LogP contribution in [0.15, 0.2) is 48.5 Å². The van der Waals surface area contributed by atoms with Crippen molar-refractivity contribution >= 4 is 18.3 Å². The molecule has 1 saturated heterocycles. The Hall–Kier alpha value is -2.24. The van der Waals surface area contributed by atoms with Gasteiger partial charge in [0.05, 0.1) is 7.11 Å². The van der Waals surface area contributed by atoms with Crippen LogP contribution in [0.5, 0.6) is 11.5 Å². The van der Waals surface area contributed by atoms with Gasteiger partial charge in [-0.25, -0.2) is 0 Å². The summed E-state index contributed by atoms with van der Waals surface area (Å²) < 4.78 is 11.4. The highest BCUT2D eigenvalue weighted by Gasteiger charge is 2.30. The summed E-state index contributed by atoms with van der Waals surface area (Å²) >= 11 is 0. The standard InChI is InChI=1S/C22H28N2O3.ClH/c1-16(19-12-23-13-19)22(25)24(2)14-18-9-10-20(21(11-18)26-3)27-15-17-7-5-4-6-8-17;/h4-11,16,19,23H,12-15H2,1-3H3;1H.